The van der Waals surface area contributed by atoms with Gasteiger partial charge >= 0.3 is 0 Å². The van der Waals surface area contributed by atoms with Crippen LogP contribution in [0.1, 0.15) is 28.7 Å². The molecule has 0 aliphatic carbocycles. The third-order valence-corrected chi connectivity index (χ3v) is 5.44. The molecule has 2 nitrogen and oxygen atoms in total. The van der Waals surface area contributed by atoms with Crippen molar-refractivity contribution in [2.45, 2.75) is 32.9 Å². The quantitative estimate of drug-likeness (QED) is 0.605. The van der Waals surface area contributed by atoms with Crippen molar-refractivity contribution in [2.75, 3.05) is 11.1 Å². The Labute approximate surface area is 157 Å². The van der Waals surface area contributed by atoms with E-state index in [2.05, 4.69) is 24.4 Å². The molecule has 2 rings (SSSR count). The number of thioether (sulfide) groups is 1. The van der Waals surface area contributed by atoms with Crippen LogP contribution in [0, 0.1) is 20.8 Å². The maximum absolute atomic E-state index is 12.1. The molecule has 0 aliphatic heterocycles. The molecule has 0 heterocycles. The predicted molar refractivity (Wildman–Crippen MR) is 107 cm³/mol. The van der Waals surface area contributed by atoms with Crippen LogP contribution < -0.4 is 5.32 Å². The zero-order valence-corrected chi connectivity index (χ0v) is 16.4. The van der Waals surface area contributed by atoms with Crippen LogP contribution in [0.3, 0.4) is 0 Å². The lowest BCUT2D eigenvalue weighted by atomic mass is 10.1. The van der Waals surface area contributed by atoms with Crippen LogP contribution in [-0.4, -0.2) is 11.7 Å². The Hall–Kier alpha value is -1.16. The summed E-state index contributed by atoms with van der Waals surface area (Å²) >= 11 is 13.6. The van der Waals surface area contributed by atoms with Crippen molar-refractivity contribution >= 4 is 46.6 Å². The van der Waals surface area contributed by atoms with Gasteiger partial charge in [0.25, 0.3) is 0 Å². The van der Waals surface area contributed by atoms with Crippen LogP contribution in [0.5, 0.6) is 0 Å². The molecule has 0 bridgehead atoms. The zero-order chi connectivity index (χ0) is 17.7. The molecule has 0 unspecified atom stereocenters. The lowest BCUT2D eigenvalue weighted by Crippen LogP contribution is -2.14. The van der Waals surface area contributed by atoms with Crippen molar-refractivity contribution in [3.8, 4) is 0 Å². The summed E-state index contributed by atoms with van der Waals surface area (Å²) in [5.41, 5.74) is 5.45. The number of hydrogen-bond donors (Lipinski definition) is 1. The van der Waals surface area contributed by atoms with E-state index in [4.69, 9.17) is 23.2 Å². The summed E-state index contributed by atoms with van der Waals surface area (Å²) in [6, 6.07) is 9.80. The third kappa shape index (κ3) is 5.44. The van der Waals surface area contributed by atoms with Gasteiger partial charge in [0.15, 0.2) is 0 Å². The molecule has 5 heteroatoms. The molecular weight excluding hydrogens is 361 g/mol. The van der Waals surface area contributed by atoms with E-state index in [1.807, 2.05) is 26.0 Å². The highest BCUT2D eigenvalue weighted by atomic mass is 35.5. The third-order valence-electron chi connectivity index (χ3n) is 3.67. The van der Waals surface area contributed by atoms with Crippen molar-refractivity contribution in [2.24, 2.45) is 0 Å². The molecular formula is C19H21Cl2NOS. The summed E-state index contributed by atoms with van der Waals surface area (Å²) in [5, 5.41) is 4.16. The average molecular weight is 382 g/mol. The van der Waals surface area contributed by atoms with Gasteiger partial charge in [-0.1, -0.05) is 47.0 Å². The predicted octanol–water partition coefficient (Wildman–Crippen LogP) is 6.18. The number of amides is 1. The van der Waals surface area contributed by atoms with E-state index >= 15 is 0 Å². The van der Waals surface area contributed by atoms with Crippen molar-refractivity contribution < 1.29 is 4.79 Å². The molecule has 0 radical (unpaired) electrons. The smallest absolute Gasteiger partial charge is 0.225 e. The minimum atomic E-state index is 0.0479. The van der Waals surface area contributed by atoms with E-state index in [0.717, 1.165) is 33.9 Å². The molecule has 0 atom stereocenters. The normalized spacial score (nSPS) is 10.7. The van der Waals surface area contributed by atoms with E-state index in [-0.39, 0.29) is 5.91 Å². The molecule has 1 amide bonds. The Morgan fingerprint density at radius 1 is 1.04 bits per heavy atom. The van der Waals surface area contributed by atoms with Gasteiger partial charge in [-0.2, -0.15) is 11.8 Å². The first-order valence-electron chi connectivity index (χ1n) is 7.76. The molecule has 0 spiro atoms. The van der Waals surface area contributed by atoms with Gasteiger partial charge in [0, 0.05) is 23.6 Å². The second kappa shape index (κ2) is 8.80. The van der Waals surface area contributed by atoms with Crippen molar-refractivity contribution in [1.29, 1.82) is 0 Å². The molecule has 2 aromatic rings. The largest absolute Gasteiger partial charge is 0.326 e. The number of aryl methyl sites for hydroxylation is 3. The van der Waals surface area contributed by atoms with Crippen molar-refractivity contribution in [1.82, 2.24) is 0 Å². The molecule has 0 saturated heterocycles. The van der Waals surface area contributed by atoms with E-state index in [1.54, 1.807) is 17.8 Å². The van der Waals surface area contributed by atoms with Gasteiger partial charge in [-0.3, -0.25) is 4.79 Å². The number of carbonyl (C=O) groups excluding carboxylic acids is 1. The summed E-state index contributed by atoms with van der Waals surface area (Å²) in [6.45, 7) is 6.11. The summed E-state index contributed by atoms with van der Waals surface area (Å²) < 4.78 is 0. The Bertz CT molecular complexity index is 723. The van der Waals surface area contributed by atoms with E-state index in [1.165, 1.54) is 5.56 Å². The highest BCUT2D eigenvalue weighted by Crippen LogP contribution is 2.25. The summed E-state index contributed by atoms with van der Waals surface area (Å²) in [7, 11) is 0. The van der Waals surface area contributed by atoms with Gasteiger partial charge in [0.05, 0.1) is 10.0 Å². The van der Waals surface area contributed by atoms with Crippen LogP contribution >= 0.6 is 35.0 Å². The molecule has 2 aromatic carbocycles. The second-order valence-electron chi connectivity index (χ2n) is 5.87. The molecule has 1 N–H and O–H groups in total. The molecule has 24 heavy (non-hydrogen) atoms. The van der Waals surface area contributed by atoms with E-state index < -0.39 is 0 Å². The number of benzene rings is 2. The second-order valence-corrected chi connectivity index (χ2v) is 7.79. The van der Waals surface area contributed by atoms with Crippen LogP contribution in [0.4, 0.5) is 5.69 Å². The molecule has 0 fully saturated rings. The summed E-state index contributed by atoms with van der Waals surface area (Å²) in [4.78, 5) is 12.1. The highest BCUT2D eigenvalue weighted by molar-refractivity contribution is 7.98. The fourth-order valence-electron chi connectivity index (χ4n) is 2.56. The molecule has 0 aliphatic rings. The highest BCUT2D eigenvalue weighted by Gasteiger charge is 2.08. The Kier molecular flexibility index (Phi) is 7.02. The van der Waals surface area contributed by atoms with Crippen LogP contribution in [0.25, 0.3) is 0 Å². The number of hydrogen-bond acceptors (Lipinski definition) is 2. The van der Waals surface area contributed by atoms with E-state index in [9.17, 15) is 4.79 Å². The maximum Gasteiger partial charge on any atom is 0.225 e. The number of halogens is 2. The van der Waals surface area contributed by atoms with Crippen molar-refractivity contribution in [3.63, 3.8) is 0 Å². The van der Waals surface area contributed by atoms with Crippen molar-refractivity contribution in [3.05, 3.63) is 62.6 Å². The number of anilines is 1. The molecule has 128 valence electrons. The van der Waals surface area contributed by atoms with Crippen LogP contribution in [-0.2, 0) is 10.5 Å². The summed E-state index contributed by atoms with van der Waals surface area (Å²) in [5.74, 6) is 1.62. The minimum absolute atomic E-state index is 0.0479. The van der Waals surface area contributed by atoms with Gasteiger partial charge in [0.1, 0.15) is 0 Å². The Morgan fingerprint density at radius 3 is 2.33 bits per heavy atom. The Balaban J connectivity index is 1.80. The number of carbonyl (C=O) groups is 1. The first kappa shape index (κ1) is 19.2. The van der Waals surface area contributed by atoms with Gasteiger partial charge in [-0.15, -0.1) is 0 Å². The topological polar surface area (TPSA) is 29.1 Å². The van der Waals surface area contributed by atoms with Crippen LogP contribution in [0.15, 0.2) is 30.3 Å². The minimum Gasteiger partial charge on any atom is -0.326 e. The van der Waals surface area contributed by atoms with E-state index in [0.29, 0.717) is 16.5 Å². The lowest BCUT2D eigenvalue weighted by Gasteiger charge is -2.12. The lowest BCUT2D eigenvalue weighted by molar-refractivity contribution is -0.115. The SMILES string of the molecule is Cc1cc(C)c(NC(=O)CCSCc2ccc(Cl)c(Cl)c2)c(C)c1. The first-order valence-corrected chi connectivity index (χ1v) is 9.67. The van der Waals surface area contributed by atoms with Gasteiger partial charge < -0.3 is 5.32 Å². The standard InChI is InChI=1S/C19H21Cl2NOS/c1-12-8-13(2)19(14(3)9-12)22-18(23)6-7-24-11-15-4-5-16(20)17(21)10-15/h4-5,8-10H,6-7,11H2,1-3H3,(H,22,23). The molecule has 0 aromatic heterocycles. The van der Waals surface area contributed by atoms with Crippen LogP contribution in [0.2, 0.25) is 10.0 Å². The first-order chi connectivity index (χ1) is 11.4. The monoisotopic (exact) mass is 381 g/mol. The fourth-order valence-corrected chi connectivity index (χ4v) is 3.77. The number of rotatable bonds is 6. The number of nitrogens with one attached hydrogen (secondary N) is 1. The maximum atomic E-state index is 12.1. The zero-order valence-electron chi connectivity index (χ0n) is 14.1. The fraction of sp³-hybridized carbons (Fsp3) is 0.316. The van der Waals surface area contributed by atoms with Gasteiger partial charge in [-0.25, -0.2) is 0 Å². The van der Waals surface area contributed by atoms with Gasteiger partial charge in [-0.05, 0) is 49.6 Å². The molecule has 0 saturated carbocycles. The summed E-state index contributed by atoms with van der Waals surface area (Å²) in [6.07, 6.45) is 0.485. The Morgan fingerprint density at radius 2 is 1.71 bits per heavy atom. The van der Waals surface area contributed by atoms with Gasteiger partial charge in [0.2, 0.25) is 5.91 Å². The average Bonchev–Trinajstić information content (AvgIpc) is 2.51.